The van der Waals surface area contributed by atoms with Crippen LogP contribution in [0.15, 0.2) is 36.5 Å². The highest BCUT2D eigenvalue weighted by atomic mass is 16.5. The summed E-state index contributed by atoms with van der Waals surface area (Å²) < 4.78 is 5.65. The topological polar surface area (TPSA) is 48.1 Å². The molecule has 0 aliphatic heterocycles. The van der Waals surface area contributed by atoms with E-state index in [2.05, 4.69) is 18.0 Å². The molecule has 2 N–H and O–H groups in total. The van der Waals surface area contributed by atoms with Crippen LogP contribution in [-0.4, -0.2) is 4.98 Å². The van der Waals surface area contributed by atoms with Crippen molar-refractivity contribution in [2.24, 2.45) is 0 Å². The molecule has 0 aliphatic carbocycles. The van der Waals surface area contributed by atoms with Crippen molar-refractivity contribution < 1.29 is 4.74 Å². The number of aryl methyl sites for hydroxylation is 2. The number of hydrogen-bond acceptors (Lipinski definition) is 3. The standard InChI is InChI=1S/C13H14N2O/c1-9-3-5-12(10(2)7-9)16-13-6-4-11(14)8-15-13/h3-8H,14H2,1-2H3. The van der Waals surface area contributed by atoms with E-state index in [1.807, 2.05) is 19.1 Å². The first kappa shape index (κ1) is 10.5. The summed E-state index contributed by atoms with van der Waals surface area (Å²) in [5, 5.41) is 0. The first-order valence-electron chi connectivity index (χ1n) is 5.12. The lowest BCUT2D eigenvalue weighted by Crippen LogP contribution is -1.92. The number of nitrogen functional groups attached to an aromatic ring is 1. The minimum absolute atomic E-state index is 0.557. The van der Waals surface area contributed by atoms with Crippen molar-refractivity contribution in [1.82, 2.24) is 4.98 Å². The monoisotopic (exact) mass is 214 g/mol. The average Bonchev–Trinajstić information content (AvgIpc) is 2.25. The van der Waals surface area contributed by atoms with Gasteiger partial charge in [0, 0.05) is 6.07 Å². The van der Waals surface area contributed by atoms with Crippen LogP contribution in [0.25, 0.3) is 0 Å². The van der Waals surface area contributed by atoms with E-state index < -0.39 is 0 Å². The first-order valence-corrected chi connectivity index (χ1v) is 5.12. The van der Waals surface area contributed by atoms with E-state index in [0.717, 1.165) is 11.3 Å². The Morgan fingerprint density at radius 3 is 2.56 bits per heavy atom. The SMILES string of the molecule is Cc1ccc(Oc2ccc(N)cn2)c(C)c1. The highest BCUT2D eigenvalue weighted by Gasteiger charge is 2.02. The number of hydrogen-bond donors (Lipinski definition) is 1. The van der Waals surface area contributed by atoms with Crippen LogP contribution in [0, 0.1) is 13.8 Å². The second-order valence-electron chi connectivity index (χ2n) is 3.80. The molecular weight excluding hydrogens is 200 g/mol. The highest BCUT2D eigenvalue weighted by molar-refractivity contribution is 5.40. The molecule has 3 nitrogen and oxygen atoms in total. The molecule has 0 spiro atoms. The van der Waals surface area contributed by atoms with Gasteiger partial charge in [0.05, 0.1) is 11.9 Å². The number of anilines is 1. The van der Waals surface area contributed by atoms with Gasteiger partial charge in [-0.2, -0.15) is 0 Å². The summed E-state index contributed by atoms with van der Waals surface area (Å²) in [7, 11) is 0. The lowest BCUT2D eigenvalue weighted by molar-refractivity contribution is 0.459. The predicted octanol–water partition coefficient (Wildman–Crippen LogP) is 3.07. The van der Waals surface area contributed by atoms with Crippen molar-refractivity contribution in [1.29, 1.82) is 0 Å². The first-order chi connectivity index (χ1) is 7.65. The Kier molecular flexibility index (Phi) is 2.77. The summed E-state index contributed by atoms with van der Waals surface area (Å²) in [5.41, 5.74) is 8.50. The van der Waals surface area contributed by atoms with E-state index in [1.165, 1.54) is 5.56 Å². The molecule has 2 rings (SSSR count). The van der Waals surface area contributed by atoms with Crippen LogP contribution in [-0.2, 0) is 0 Å². The number of nitrogens with zero attached hydrogens (tertiary/aromatic N) is 1. The number of aromatic nitrogens is 1. The zero-order valence-corrected chi connectivity index (χ0v) is 9.40. The maximum atomic E-state index is 5.65. The van der Waals surface area contributed by atoms with Gasteiger partial charge in [-0.15, -0.1) is 0 Å². The Bertz CT molecular complexity index is 492. The van der Waals surface area contributed by atoms with Gasteiger partial charge in [-0.3, -0.25) is 0 Å². The highest BCUT2D eigenvalue weighted by Crippen LogP contribution is 2.24. The average molecular weight is 214 g/mol. The largest absolute Gasteiger partial charge is 0.439 e. The summed E-state index contributed by atoms with van der Waals surface area (Å²) in [6.45, 7) is 4.07. The van der Waals surface area contributed by atoms with Crippen LogP contribution >= 0.6 is 0 Å². The Balaban J connectivity index is 2.23. The Labute approximate surface area is 94.9 Å². The third-order valence-corrected chi connectivity index (χ3v) is 2.30. The lowest BCUT2D eigenvalue weighted by atomic mass is 10.1. The number of rotatable bonds is 2. The Morgan fingerprint density at radius 2 is 1.94 bits per heavy atom. The normalized spacial score (nSPS) is 10.1. The van der Waals surface area contributed by atoms with Crippen molar-refractivity contribution >= 4 is 5.69 Å². The van der Waals surface area contributed by atoms with E-state index in [-0.39, 0.29) is 0 Å². The fourth-order valence-corrected chi connectivity index (χ4v) is 1.48. The van der Waals surface area contributed by atoms with Crippen molar-refractivity contribution in [3.05, 3.63) is 47.7 Å². The predicted molar refractivity (Wildman–Crippen MR) is 64.6 cm³/mol. The van der Waals surface area contributed by atoms with Gasteiger partial charge in [0.2, 0.25) is 5.88 Å². The molecule has 0 amide bonds. The maximum absolute atomic E-state index is 5.65. The molecule has 82 valence electrons. The van der Waals surface area contributed by atoms with Gasteiger partial charge in [-0.05, 0) is 31.5 Å². The number of nitrogens with two attached hydrogens (primary N) is 1. The van der Waals surface area contributed by atoms with Crippen LogP contribution in [0.1, 0.15) is 11.1 Å². The zero-order valence-electron chi connectivity index (χ0n) is 9.40. The van der Waals surface area contributed by atoms with Crippen LogP contribution in [0.2, 0.25) is 0 Å². The van der Waals surface area contributed by atoms with E-state index >= 15 is 0 Å². The van der Waals surface area contributed by atoms with E-state index in [9.17, 15) is 0 Å². The van der Waals surface area contributed by atoms with Crippen LogP contribution in [0.5, 0.6) is 11.6 Å². The molecule has 0 aliphatic rings. The Morgan fingerprint density at radius 1 is 1.12 bits per heavy atom. The second-order valence-corrected chi connectivity index (χ2v) is 3.80. The second kappa shape index (κ2) is 4.23. The lowest BCUT2D eigenvalue weighted by Gasteiger charge is -2.08. The fourth-order valence-electron chi connectivity index (χ4n) is 1.48. The quantitative estimate of drug-likeness (QED) is 0.835. The number of benzene rings is 1. The molecule has 16 heavy (non-hydrogen) atoms. The van der Waals surface area contributed by atoms with Gasteiger partial charge >= 0.3 is 0 Å². The van der Waals surface area contributed by atoms with E-state index in [4.69, 9.17) is 10.5 Å². The van der Waals surface area contributed by atoms with Crippen LogP contribution in [0.3, 0.4) is 0 Å². The van der Waals surface area contributed by atoms with Gasteiger partial charge in [0.25, 0.3) is 0 Å². The minimum atomic E-state index is 0.557. The third kappa shape index (κ3) is 2.31. The van der Waals surface area contributed by atoms with Gasteiger partial charge in [0.15, 0.2) is 0 Å². The Hall–Kier alpha value is -2.03. The summed E-state index contributed by atoms with van der Waals surface area (Å²) in [6, 6.07) is 9.56. The molecular formula is C13H14N2O. The molecule has 0 unspecified atom stereocenters. The molecule has 2 aromatic rings. The number of pyridine rings is 1. The van der Waals surface area contributed by atoms with Gasteiger partial charge in [-0.25, -0.2) is 4.98 Å². The molecule has 0 saturated heterocycles. The van der Waals surface area contributed by atoms with E-state index in [0.29, 0.717) is 11.6 Å². The molecule has 1 aromatic heterocycles. The molecule has 0 atom stereocenters. The number of ether oxygens (including phenoxy) is 1. The maximum Gasteiger partial charge on any atom is 0.219 e. The van der Waals surface area contributed by atoms with Gasteiger partial charge in [0.1, 0.15) is 5.75 Å². The smallest absolute Gasteiger partial charge is 0.219 e. The zero-order chi connectivity index (χ0) is 11.5. The summed E-state index contributed by atoms with van der Waals surface area (Å²) >= 11 is 0. The molecule has 0 bridgehead atoms. The summed E-state index contributed by atoms with van der Waals surface area (Å²) in [4.78, 5) is 4.09. The molecule has 3 heteroatoms. The molecule has 1 heterocycles. The van der Waals surface area contributed by atoms with Crippen LogP contribution in [0.4, 0.5) is 5.69 Å². The van der Waals surface area contributed by atoms with Gasteiger partial charge in [-0.1, -0.05) is 17.7 Å². The van der Waals surface area contributed by atoms with Crippen molar-refractivity contribution in [2.75, 3.05) is 5.73 Å². The molecule has 0 radical (unpaired) electrons. The molecule has 0 fully saturated rings. The molecule has 0 saturated carbocycles. The third-order valence-electron chi connectivity index (χ3n) is 2.30. The van der Waals surface area contributed by atoms with Gasteiger partial charge < -0.3 is 10.5 Å². The minimum Gasteiger partial charge on any atom is -0.439 e. The van der Waals surface area contributed by atoms with Crippen molar-refractivity contribution in [2.45, 2.75) is 13.8 Å². The fraction of sp³-hybridized carbons (Fsp3) is 0.154. The van der Waals surface area contributed by atoms with Crippen LogP contribution < -0.4 is 10.5 Å². The summed E-state index contributed by atoms with van der Waals surface area (Å²) in [6.07, 6.45) is 1.58. The van der Waals surface area contributed by atoms with Crippen molar-refractivity contribution in [3.63, 3.8) is 0 Å². The molecule has 1 aromatic carbocycles. The van der Waals surface area contributed by atoms with E-state index in [1.54, 1.807) is 18.3 Å². The summed E-state index contributed by atoms with van der Waals surface area (Å²) in [5.74, 6) is 1.38. The van der Waals surface area contributed by atoms with Crippen molar-refractivity contribution in [3.8, 4) is 11.6 Å².